The van der Waals surface area contributed by atoms with Gasteiger partial charge in [-0.2, -0.15) is 0 Å². The number of rotatable bonds is 5. The minimum atomic E-state index is -0.0576. The SMILES string of the molecule is CCNC(=O)C(C)NCC1CCCC1C. The van der Waals surface area contributed by atoms with E-state index < -0.39 is 0 Å². The van der Waals surface area contributed by atoms with E-state index in [0.717, 1.165) is 18.4 Å². The summed E-state index contributed by atoms with van der Waals surface area (Å²) in [6.45, 7) is 7.90. The molecule has 0 spiro atoms. The maximum Gasteiger partial charge on any atom is 0.236 e. The van der Waals surface area contributed by atoms with Crippen LogP contribution in [0.25, 0.3) is 0 Å². The van der Waals surface area contributed by atoms with E-state index >= 15 is 0 Å². The van der Waals surface area contributed by atoms with Crippen molar-refractivity contribution in [2.24, 2.45) is 11.8 Å². The molecule has 1 saturated carbocycles. The zero-order chi connectivity index (χ0) is 11.3. The molecule has 88 valence electrons. The van der Waals surface area contributed by atoms with Gasteiger partial charge < -0.3 is 10.6 Å². The molecule has 2 N–H and O–H groups in total. The van der Waals surface area contributed by atoms with Gasteiger partial charge in [-0.3, -0.25) is 4.79 Å². The second-order valence-electron chi connectivity index (χ2n) is 4.69. The van der Waals surface area contributed by atoms with Gasteiger partial charge in [0.15, 0.2) is 0 Å². The van der Waals surface area contributed by atoms with Crippen LogP contribution in [0, 0.1) is 11.8 Å². The Morgan fingerprint density at radius 2 is 2.20 bits per heavy atom. The molecule has 0 saturated heterocycles. The molecule has 1 aliphatic rings. The van der Waals surface area contributed by atoms with Gasteiger partial charge in [-0.15, -0.1) is 0 Å². The number of likely N-dealkylation sites (N-methyl/N-ethyl adjacent to an activating group) is 1. The van der Waals surface area contributed by atoms with E-state index in [2.05, 4.69) is 17.6 Å². The number of hydrogen-bond donors (Lipinski definition) is 2. The highest BCUT2D eigenvalue weighted by molar-refractivity contribution is 5.81. The normalized spacial score (nSPS) is 27.7. The average Bonchev–Trinajstić information content (AvgIpc) is 2.61. The molecule has 0 heterocycles. The lowest BCUT2D eigenvalue weighted by Crippen LogP contribution is -2.44. The summed E-state index contributed by atoms with van der Waals surface area (Å²) in [5.41, 5.74) is 0. The van der Waals surface area contributed by atoms with Crippen LogP contribution in [-0.2, 0) is 4.79 Å². The molecule has 0 aromatic carbocycles. The lowest BCUT2D eigenvalue weighted by Gasteiger charge is -2.19. The number of carbonyl (C=O) groups is 1. The molecule has 3 unspecified atom stereocenters. The summed E-state index contributed by atoms with van der Waals surface area (Å²) in [5, 5.41) is 6.16. The van der Waals surface area contributed by atoms with Gasteiger partial charge >= 0.3 is 0 Å². The quantitative estimate of drug-likeness (QED) is 0.726. The van der Waals surface area contributed by atoms with Crippen molar-refractivity contribution in [2.45, 2.75) is 46.1 Å². The van der Waals surface area contributed by atoms with Gasteiger partial charge in [-0.1, -0.05) is 19.8 Å². The Bertz CT molecular complexity index is 206. The van der Waals surface area contributed by atoms with Crippen LogP contribution < -0.4 is 10.6 Å². The summed E-state index contributed by atoms with van der Waals surface area (Å²) in [4.78, 5) is 11.5. The van der Waals surface area contributed by atoms with E-state index in [4.69, 9.17) is 0 Å². The van der Waals surface area contributed by atoms with Crippen LogP contribution in [0.3, 0.4) is 0 Å². The van der Waals surface area contributed by atoms with Crippen LogP contribution >= 0.6 is 0 Å². The van der Waals surface area contributed by atoms with Crippen molar-refractivity contribution >= 4 is 5.91 Å². The summed E-state index contributed by atoms with van der Waals surface area (Å²) >= 11 is 0. The smallest absolute Gasteiger partial charge is 0.236 e. The van der Waals surface area contributed by atoms with E-state index in [-0.39, 0.29) is 11.9 Å². The van der Waals surface area contributed by atoms with Gasteiger partial charge in [-0.25, -0.2) is 0 Å². The van der Waals surface area contributed by atoms with Gasteiger partial charge in [0.05, 0.1) is 6.04 Å². The first-order valence-corrected chi connectivity index (χ1v) is 6.16. The van der Waals surface area contributed by atoms with E-state index in [1.807, 2.05) is 13.8 Å². The minimum absolute atomic E-state index is 0.0576. The summed E-state index contributed by atoms with van der Waals surface area (Å²) in [6.07, 6.45) is 4.02. The highest BCUT2D eigenvalue weighted by Crippen LogP contribution is 2.30. The number of carbonyl (C=O) groups excluding carboxylic acids is 1. The predicted octanol–water partition coefficient (Wildman–Crippen LogP) is 1.54. The summed E-state index contributed by atoms with van der Waals surface area (Å²) in [7, 11) is 0. The fourth-order valence-electron chi connectivity index (χ4n) is 2.27. The molecule has 0 radical (unpaired) electrons. The third-order valence-corrected chi connectivity index (χ3v) is 3.47. The van der Waals surface area contributed by atoms with Crippen LogP contribution in [0.5, 0.6) is 0 Å². The molecule has 0 aromatic rings. The van der Waals surface area contributed by atoms with Gasteiger partial charge in [0.1, 0.15) is 0 Å². The number of hydrogen-bond acceptors (Lipinski definition) is 2. The predicted molar refractivity (Wildman–Crippen MR) is 62.7 cm³/mol. The van der Waals surface area contributed by atoms with Crippen molar-refractivity contribution in [3.63, 3.8) is 0 Å². The van der Waals surface area contributed by atoms with Gasteiger partial charge in [0, 0.05) is 6.54 Å². The lowest BCUT2D eigenvalue weighted by molar-refractivity contribution is -0.122. The first-order valence-electron chi connectivity index (χ1n) is 6.16. The molecule has 1 amide bonds. The summed E-state index contributed by atoms with van der Waals surface area (Å²) in [5.74, 6) is 1.70. The topological polar surface area (TPSA) is 41.1 Å². The first-order chi connectivity index (χ1) is 7.15. The van der Waals surface area contributed by atoms with E-state index in [0.29, 0.717) is 6.54 Å². The van der Waals surface area contributed by atoms with Crippen LogP contribution in [0.4, 0.5) is 0 Å². The zero-order valence-electron chi connectivity index (χ0n) is 10.2. The largest absolute Gasteiger partial charge is 0.355 e. The van der Waals surface area contributed by atoms with E-state index in [9.17, 15) is 4.79 Å². The van der Waals surface area contributed by atoms with Gasteiger partial charge in [-0.05, 0) is 38.6 Å². The Morgan fingerprint density at radius 1 is 1.47 bits per heavy atom. The second-order valence-corrected chi connectivity index (χ2v) is 4.69. The molecule has 1 fully saturated rings. The molecule has 3 heteroatoms. The van der Waals surface area contributed by atoms with Crippen LogP contribution in [0.1, 0.15) is 40.0 Å². The molecule has 0 bridgehead atoms. The monoisotopic (exact) mass is 212 g/mol. The van der Waals surface area contributed by atoms with Crippen molar-refractivity contribution in [1.29, 1.82) is 0 Å². The van der Waals surface area contributed by atoms with Crippen LogP contribution in [0.2, 0.25) is 0 Å². The van der Waals surface area contributed by atoms with Crippen LogP contribution in [-0.4, -0.2) is 25.0 Å². The number of amides is 1. The highest BCUT2D eigenvalue weighted by atomic mass is 16.2. The van der Waals surface area contributed by atoms with Gasteiger partial charge in [0.2, 0.25) is 5.91 Å². The van der Waals surface area contributed by atoms with Gasteiger partial charge in [0.25, 0.3) is 0 Å². The fraction of sp³-hybridized carbons (Fsp3) is 0.917. The maximum absolute atomic E-state index is 11.5. The average molecular weight is 212 g/mol. The molecule has 3 nitrogen and oxygen atoms in total. The zero-order valence-corrected chi connectivity index (χ0v) is 10.2. The third-order valence-electron chi connectivity index (χ3n) is 3.47. The summed E-state index contributed by atoms with van der Waals surface area (Å²) < 4.78 is 0. The molecule has 0 aliphatic heterocycles. The van der Waals surface area contributed by atoms with Crippen molar-refractivity contribution in [3.8, 4) is 0 Å². The van der Waals surface area contributed by atoms with Crippen molar-refractivity contribution in [2.75, 3.05) is 13.1 Å². The van der Waals surface area contributed by atoms with E-state index in [1.165, 1.54) is 19.3 Å². The molecule has 1 rings (SSSR count). The fourth-order valence-corrected chi connectivity index (χ4v) is 2.27. The number of nitrogens with one attached hydrogen (secondary N) is 2. The highest BCUT2D eigenvalue weighted by Gasteiger charge is 2.24. The third kappa shape index (κ3) is 3.82. The van der Waals surface area contributed by atoms with Crippen molar-refractivity contribution in [3.05, 3.63) is 0 Å². The van der Waals surface area contributed by atoms with Crippen molar-refractivity contribution < 1.29 is 4.79 Å². The molecule has 15 heavy (non-hydrogen) atoms. The summed E-state index contributed by atoms with van der Waals surface area (Å²) in [6, 6.07) is -0.0576. The molecule has 1 aliphatic carbocycles. The second kappa shape index (κ2) is 6.11. The lowest BCUT2D eigenvalue weighted by atomic mass is 9.98. The molecule has 0 aromatic heterocycles. The molecule has 3 atom stereocenters. The Hall–Kier alpha value is -0.570. The Labute approximate surface area is 93.0 Å². The Balaban J connectivity index is 2.21. The van der Waals surface area contributed by atoms with Crippen molar-refractivity contribution in [1.82, 2.24) is 10.6 Å². The maximum atomic E-state index is 11.5. The molecular formula is C12H24N2O. The Morgan fingerprint density at radius 3 is 2.73 bits per heavy atom. The standard InChI is InChI=1S/C12H24N2O/c1-4-13-12(15)10(3)14-8-11-7-5-6-9(11)2/h9-11,14H,4-8H2,1-3H3,(H,13,15). The van der Waals surface area contributed by atoms with Crippen LogP contribution in [0.15, 0.2) is 0 Å². The van der Waals surface area contributed by atoms with E-state index in [1.54, 1.807) is 0 Å². The molecular weight excluding hydrogens is 188 g/mol. The first kappa shape index (κ1) is 12.5. The minimum Gasteiger partial charge on any atom is -0.355 e. The Kier molecular flexibility index (Phi) is 5.09.